The monoisotopic (exact) mass is 232 g/mol. The van der Waals surface area contributed by atoms with Crippen LogP contribution >= 0.6 is 0 Å². The van der Waals surface area contributed by atoms with Crippen molar-refractivity contribution in [1.29, 1.82) is 0 Å². The normalized spacial score (nSPS) is 12.1. The van der Waals surface area contributed by atoms with Gasteiger partial charge in [0.05, 0.1) is 5.56 Å². The van der Waals surface area contributed by atoms with Gasteiger partial charge in [-0.15, -0.1) is 0 Å². The predicted octanol–water partition coefficient (Wildman–Crippen LogP) is 2.39. The van der Waals surface area contributed by atoms with Gasteiger partial charge in [0.15, 0.2) is 0 Å². The van der Waals surface area contributed by atoms with Crippen LogP contribution in [0, 0.1) is 0 Å². The van der Waals surface area contributed by atoms with E-state index < -0.39 is 11.7 Å². The Balaban J connectivity index is 2.99. The summed E-state index contributed by atoms with van der Waals surface area (Å²) in [5, 5.41) is 0. The van der Waals surface area contributed by atoms with Crippen molar-refractivity contribution in [3.05, 3.63) is 29.3 Å². The van der Waals surface area contributed by atoms with Gasteiger partial charge in [-0.2, -0.15) is 13.2 Å². The number of likely N-dealkylation sites (N-methyl/N-ethyl adjacent to an activating group) is 1. The van der Waals surface area contributed by atoms with Crippen molar-refractivity contribution in [3.63, 3.8) is 0 Å². The Labute approximate surface area is 92.9 Å². The standard InChI is InChI=1S/C11H15F3N2/c1-16(2)6-5-8-3-4-9(15)7-10(8)11(12,13)14/h3-4,7H,5-6,15H2,1-2H3. The topological polar surface area (TPSA) is 29.3 Å². The first-order valence-electron chi connectivity index (χ1n) is 4.91. The summed E-state index contributed by atoms with van der Waals surface area (Å²) in [7, 11) is 3.65. The van der Waals surface area contributed by atoms with Gasteiger partial charge in [-0.1, -0.05) is 6.07 Å². The summed E-state index contributed by atoms with van der Waals surface area (Å²) in [4.78, 5) is 1.84. The third kappa shape index (κ3) is 3.41. The van der Waals surface area contributed by atoms with Crippen molar-refractivity contribution in [1.82, 2.24) is 4.90 Å². The van der Waals surface area contributed by atoms with E-state index in [0.29, 0.717) is 13.0 Å². The van der Waals surface area contributed by atoms with Crippen molar-refractivity contribution in [2.24, 2.45) is 0 Å². The van der Waals surface area contributed by atoms with Crippen LogP contribution < -0.4 is 5.73 Å². The van der Waals surface area contributed by atoms with Gasteiger partial charge in [0.25, 0.3) is 0 Å². The summed E-state index contributed by atoms with van der Waals surface area (Å²) in [6.07, 6.45) is -3.97. The molecule has 90 valence electrons. The molecule has 0 aliphatic rings. The molecular formula is C11H15F3N2. The zero-order valence-electron chi connectivity index (χ0n) is 9.30. The fraction of sp³-hybridized carbons (Fsp3) is 0.455. The van der Waals surface area contributed by atoms with E-state index in [9.17, 15) is 13.2 Å². The van der Waals surface area contributed by atoms with Crippen LogP contribution in [0.2, 0.25) is 0 Å². The molecule has 0 saturated heterocycles. The van der Waals surface area contributed by atoms with Crippen molar-refractivity contribution < 1.29 is 13.2 Å². The Bertz CT molecular complexity index is 359. The molecule has 0 aliphatic carbocycles. The Kier molecular flexibility index (Phi) is 3.80. The first kappa shape index (κ1) is 12.8. The van der Waals surface area contributed by atoms with E-state index in [2.05, 4.69) is 0 Å². The third-order valence-electron chi connectivity index (χ3n) is 2.27. The smallest absolute Gasteiger partial charge is 0.399 e. The lowest BCUT2D eigenvalue weighted by molar-refractivity contribution is -0.138. The molecule has 0 amide bonds. The van der Waals surface area contributed by atoms with Gasteiger partial charge >= 0.3 is 6.18 Å². The van der Waals surface area contributed by atoms with Crippen molar-refractivity contribution in [2.75, 3.05) is 26.4 Å². The lowest BCUT2D eigenvalue weighted by Gasteiger charge is -2.15. The number of anilines is 1. The number of halogens is 3. The molecule has 1 aromatic rings. The highest BCUT2D eigenvalue weighted by molar-refractivity contribution is 5.46. The molecule has 0 fully saturated rings. The molecule has 0 radical (unpaired) electrons. The number of hydrogen-bond acceptors (Lipinski definition) is 2. The second-order valence-electron chi connectivity index (χ2n) is 3.97. The van der Waals surface area contributed by atoms with E-state index >= 15 is 0 Å². The van der Waals surface area contributed by atoms with Crippen LogP contribution in [-0.4, -0.2) is 25.5 Å². The largest absolute Gasteiger partial charge is 0.416 e. The van der Waals surface area contributed by atoms with E-state index in [4.69, 9.17) is 5.73 Å². The van der Waals surface area contributed by atoms with Crippen LogP contribution in [0.25, 0.3) is 0 Å². The number of nitrogens with zero attached hydrogens (tertiary/aromatic N) is 1. The van der Waals surface area contributed by atoms with Gasteiger partial charge < -0.3 is 10.6 Å². The minimum atomic E-state index is -4.34. The number of nitrogen functional groups attached to an aromatic ring is 1. The first-order chi connectivity index (χ1) is 7.30. The van der Waals surface area contributed by atoms with Crippen LogP contribution in [0.15, 0.2) is 18.2 Å². The lowest BCUT2D eigenvalue weighted by atomic mass is 10.0. The molecule has 2 N–H and O–H groups in total. The molecule has 1 aromatic carbocycles. The quantitative estimate of drug-likeness (QED) is 0.811. The molecule has 0 aliphatic heterocycles. The SMILES string of the molecule is CN(C)CCc1ccc(N)cc1C(F)(F)F. The zero-order chi connectivity index (χ0) is 12.3. The fourth-order valence-corrected chi connectivity index (χ4v) is 1.42. The van der Waals surface area contributed by atoms with Gasteiger partial charge in [-0.25, -0.2) is 0 Å². The minimum Gasteiger partial charge on any atom is -0.399 e. The van der Waals surface area contributed by atoms with Gasteiger partial charge in [-0.05, 0) is 38.2 Å². The van der Waals surface area contributed by atoms with Crippen LogP contribution in [0.5, 0.6) is 0 Å². The molecule has 0 bridgehead atoms. The van der Waals surface area contributed by atoms with Crippen molar-refractivity contribution >= 4 is 5.69 Å². The summed E-state index contributed by atoms with van der Waals surface area (Å²) in [5.74, 6) is 0. The number of nitrogens with two attached hydrogens (primary N) is 1. The number of benzene rings is 1. The molecule has 5 heteroatoms. The second-order valence-corrected chi connectivity index (χ2v) is 3.97. The van der Waals surface area contributed by atoms with Crippen LogP contribution in [0.4, 0.5) is 18.9 Å². The van der Waals surface area contributed by atoms with Crippen LogP contribution in [-0.2, 0) is 12.6 Å². The second kappa shape index (κ2) is 4.74. The van der Waals surface area contributed by atoms with Crippen LogP contribution in [0.1, 0.15) is 11.1 Å². The Morgan fingerprint density at radius 1 is 1.25 bits per heavy atom. The summed E-state index contributed by atoms with van der Waals surface area (Å²) in [6.45, 7) is 0.576. The summed E-state index contributed by atoms with van der Waals surface area (Å²) in [6, 6.07) is 3.94. The summed E-state index contributed by atoms with van der Waals surface area (Å²) >= 11 is 0. The number of hydrogen-bond donors (Lipinski definition) is 1. The zero-order valence-corrected chi connectivity index (χ0v) is 9.30. The number of alkyl halides is 3. The van der Waals surface area contributed by atoms with E-state index in [1.54, 1.807) is 0 Å². The van der Waals surface area contributed by atoms with E-state index in [1.807, 2.05) is 19.0 Å². The highest BCUT2D eigenvalue weighted by atomic mass is 19.4. The number of rotatable bonds is 3. The Hall–Kier alpha value is -1.23. The average molecular weight is 232 g/mol. The van der Waals surface area contributed by atoms with E-state index in [-0.39, 0.29) is 11.3 Å². The predicted molar refractivity (Wildman–Crippen MR) is 58.1 cm³/mol. The molecule has 1 rings (SSSR count). The maximum atomic E-state index is 12.7. The first-order valence-corrected chi connectivity index (χ1v) is 4.91. The Morgan fingerprint density at radius 2 is 1.88 bits per heavy atom. The summed E-state index contributed by atoms with van der Waals surface area (Å²) < 4.78 is 38.1. The van der Waals surface area contributed by atoms with Crippen molar-refractivity contribution in [2.45, 2.75) is 12.6 Å². The maximum Gasteiger partial charge on any atom is 0.416 e. The Morgan fingerprint density at radius 3 is 2.38 bits per heavy atom. The van der Waals surface area contributed by atoms with Crippen LogP contribution in [0.3, 0.4) is 0 Å². The molecule has 2 nitrogen and oxygen atoms in total. The molecule has 16 heavy (non-hydrogen) atoms. The third-order valence-corrected chi connectivity index (χ3v) is 2.27. The van der Waals surface area contributed by atoms with Gasteiger partial charge in [0, 0.05) is 12.2 Å². The van der Waals surface area contributed by atoms with Gasteiger partial charge in [0.2, 0.25) is 0 Å². The summed E-state index contributed by atoms with van der Waals surface area (Å²) in [5.41, 5.74) is 5.17. The lowest BCUT2D eigenvalue weighted by Crippen LogP contribution is -2.18. The fourth-order valence-electron chi connectivity index (χ4n) is 1.42. The maximum absolute atomic E-state index is 12.7. The molecule has 0 atom stereocenters. The molecule has 0 unspecified atom stereocenters. The van der Waals surface area contributed by atoms with Crippen molar-refractivity contribution in [3.8, 4) is 0 Å². The molecule has 0 spiro atoms. The van der Waals surface area contributed by atoms with Gasteiger partial charge in [-0.3, -0.25) is 0 Å². The molecular weight excluding hydrogens is 217 g/mol. The molecule has 0 aromatic heterocycles. The molecule has 0 saturated carbocycles. The van der Waals surface area contributed by atoms with E-state index in [1.165, 1.54) is 12.1 Å². The average Bonchev–Trinajstić information content (AvgIpc) is 2.14. The van der Waals surface area contributed by atoms with E-state index in [0.717, 1.165) is 6.07 Å². The van der Waals surface area contributed by atoms with Gasteiger partial charge in [0.1, 0.15) is 0 Å². The highest BCUT2D eigenvalue weighted by Crippen LogP contribution is 2.33. The highest BCUT2D eigenvalue weighted by Gasteiger charge is 2.33. The molecule has 0 heterocycles. The minimum absolute atomic E-state index is 0.140.